The van der Waals surface area contributed by atoms with Crippen molar-refractivity contribution in [3.63, 3.8) is 0 Å². The lowest BCUT2D eigenvalue weighted by atomic mass is 10.3. The molecule has 0 aliphatic heterocycles. The predicted molar refractivity (Wildman–Crippen MR) is 75.0 cm³/mol. The molecule has 0 saturated carbocycles. The molecule has 2 aromatic rings. The Kier molecular flexibility index (Phi) is 4.32. The highest BCUT2D eigenvalue weighted by Gasteiger charge is 2.09. The summed E-state index contributed by atoms with van der Waals surface area (Å²) in [6.07, 6.45) is 1.47. The summed E-state index contributed by atoms with van der Waals surface area (Å²) in [7, 11) is 1.60. The van der Waals surface area contributed by atoms with E-state index in [4.69, 9.17) is 32.7 Å². The highest BCUT2D eigenvalue weighted by molar-refractivity contribution is 9.10. The fourth-order valence-corrected chi connectivity index (χ4v) is 2.13. The van der Waals surface area contributed by atoms with Gasteiger partial charge in [-0.05, 0) is 40.2 Å². The van der Waals surface area contributed by atoms with Crippen LogP contribution in [-0.4, -0.2) is 12.1 Å². The van der Waals surface area contributed by atoms with Crippen LogP contribution in [0.5, 0.6) is 17.4 Å². The van der Waals surface area contributed by atoms with Gasteiger partial charge < -0.3 is 9.47 Å². The van der Waals surface area contributed by atoms with Crippen LogP contribution in [0.15, 0.2) is 34.9 Å². The van der Waals surface area contributed by atoms with E-state index in [0.29, 0.717) is 21.7 Å². The van der Waals surface area contributed by atoms with Crippen molar-refractivity contribution in [2.45, 2.75) is 0 Å². The number of halogens is 3. The summed E-state index contributed by atoms with van der Waals surface area (Å²) in [4.78, 5) is 4.02. The molecule has 0 N–H and O–H groups in total. The van der Waals surface area contributed by atoms with Gasteiger partial charge in [0.1, 0.15) is 16.5 Å². The van der Waals surface area contributed by atoms with Gasteiger partial charge in [-0.2, -0.15) is 0 Å². The van der Waals surface area contributed by atoms with Crippen molar-refractivity contribution in [2.24, 2.45) is 0 Å². The SMILES string of the molecule is COc1ccc(Oc2ncc(Cl)cc2Cl)c(Br)c1. The molecule has 6 heteroatoms. The maximum Gasteiger partial charge on any atom is 0.238 e. The van der Waals surface area contributed by atoms with Gasteiger partial charge in [-0.15, -0.1) is 0 Å². The van der Waals surface area contributed by atoms with Crippen LogP contribution in [0.2, 0.25) is 10.0 Å². The fraction of sp³-hybridized carbons (Fsp3) is 0.0833. The van der Waals surface area contributed by atoms with E-state index in [2.05, 4.69) is 20.9 Å². The smallest absolute Gasteiger partial charge is 0.238 e. The molecule has 0 bridgehead atoms. The fourth-order valence-electron chi connectivity index (χ4n) is 1.27. The number of hydrogen-bond donors (Lipinski definition) is 0. The number of benzene rings is 1. The molecule has 0 aliphatic rings. The second kappa shape index (κ2) is 5.78. The third-order valence-electron chi connectivity index (χ3n) is 2.12. The molecule has 1 heterocycles. The first-order chi connectivity index (χ1) is 8.60. The van der Waals surface area contributed by atoms with Crippen molar-refractivity contribution in [1.29, 1.82) is 0 Å². The molecule has 3 nitrogen and oxygen atoms in total. The summed E-state index contributed by atoms with van der Waals surface area (Å²) in [5, 5.41) is 0.811. The Balaban J connectivity index is 2.28. The van der Waals surface area contributed by atoms with Gasteiger partial charge in [0.05, 0.1) is 16.6 Å². The summed E-state index contributed by atoms with van der Waals surface area (Å²) < 4.78 is 11.4. The highest BCUT2D eigenvalue weighted by Crippen LogP contribution is 2.35. The van der Waals surface area contributed by atoms with E-state index >= 15 is 0 Å². The van der Waals surface area contributed by atoms with Crippen LogP contribution in [-0.2, 0) is 0 Å². The average Bonchev–Trinajstić information content (AvgIpc) is 2.34. The molecule has 0 aliphatic carbocycles. The Bertz CT molecular complexity index is 578. The number of hydrogen-bond acceptors (Lipinski definition) is 3. The van der Waals surface area contributed by atoms with Crippen molar-refractivity contribution in [3.05, 3.63) is 45.0 Å². The van der Waals surface area contributed by atoms with Crippen LogP contribution in [0.3, 0.4) is 0 Å². The quantitative estimate of drug-likeness (QED) is 0.786. The zero-order valence-electron chi connectivity index (χ0n) is 9.28. The van der Waals surface area contributed by atoms with E-state index in [1.807, 2.05) is 0 Å². The minimum Gasteiger partial charge on any atom is -0.497 e. The van der Waals surface area contributed by atoms with E-state index in [9.17, 15) is 0 Å². The number of methoxy groups -OCH3 is 1. The lowest BCUT2D eigenvalue weighted by molar-refractivity contribution is 0.411. The van der Waals surface area contributed by atoms with Gasteiger partial charge in [0.2, 0.25) is 5.88 Å². The monoisotopic (exact) mass is 347 g/mol. The van der Waals surface area contributed by atoms with Crippen LogP contribution in [0, 0.1) is 0 Å². The Hall–Kier alpha value is -0.970. The molecule has 18 heavy (non-hydrogen) atoms. The lowest BCUT2D eigenvalue weighted by Crippen LogP contribution is -1.91. The number of rotatable bonds is 3. The standard InChI is InChI=1S/C12H8BrCl2NO2/c1-17-8-2-3-11(9(13)5-8)18-12-10(15)4-7(14)6-16-12/h2-6H,1H3. The van der Waals surface area contributed by atoms with Crippen molar-refractivity contribution in [3.8, 4) is 17.4 Å². The van der Waals surface area contributed by atoms with Crippen LogP contribution in [0.1, 0.15) is 0 Å². The summed E-state index contributed by atoms with van der Waals surface area (Å²) in [5.41, 5.74) is 0. The van der Waals surface area contributed by atoms with E-state index in [1.54, 1.807) is 31.4 Å². The normalized spacial score (nSPS) is 10.2. The molecule has 0 unspecified atom stereocenters. The predicted octanol–water partition coefficient (Wildman–Crippen LogP) is 4.95. The number of ether oxygens (including phenoxy) is 2. The molecule has 1 aromatic heterocycles. The third kappa shape index (κ3) is 3.07. The summed E-state index contributed by atoms with van der Waals surface area (Å²) in [6.45, 7) is 0. The van der Waals surface area contributed by atoms with Gasteiger partial charge in [-0.1, -0.05) is 23.2 Å². The summed E-state index contributed by atoms with van der Waals surface area (Å²) in [5.74, 6) is 1.61. The molecule has 2 rings (SSSR count). The molecule has 1 aromatic carbocycles. The molecule has 0 spiro atoms. The van der Waals surface area contributed by atoms with Crippen LogP contribution < -0.4 is 9.47 Å². The largest absolute Gasteiger partial charge is 0.497 e. The molecule has 0 fully saturated rings. The number of aromatic nitrogens is 1. The van der Waals surface area contributed by atoms with Crippen molar-refractivity contribution >= 4 is 39.1 Å². The first-order valence-electron chi connectivity index (χ1n) is 4.92. The van der Waals surface area contributed by atoms with Gasteiger partial charge in [0.25, 0.3) is 0 Å². The average molecular weight is 349 g/mol. The third-order valence-corrected chi connectivity index (χ3v) is 3.22. The van der Waals surface area contributed by atoms with E-state index in [-0.39, 0.29) is 0 Å². The molecular formula is C12H8BrCl2NO2. The minimum atomic E-state index is 0.298. The van der Waals surface area contributed by atoms with Crippen molar-refractivity contribution in [1.82, 2.24) is 4.98 Å². The molecule has 0 atom stereocenters. The maximum atomic E-state index is 5.98. The Morgan fingerprint density at radius 1 is 1.22 bits per heavy atom. The first kappa shape index (κ1) is 13.5. The molecule has 0 amide bonds. The Morgan fingerprint density at radius 2 is 2.00 bits per heavy atom. The number of pyridine rings is 1. The maximum absolute atomic E-state index is 5.98. The first-order valence-corrected chi connectivity index (χ1v) is 6.47. The van der Waals surface area contributed by atoms with E-state index in [0.717, 1.165) is 10.2 Å². The highest BCUT2D eigenvalue weighted by atomic mass is 79.9. The summed E-state index contributed by atoms with van der Waals surface area (Å²) >= 11 is 15.1. The van der Waals surface area contributed by atoms with E-state index < -0.39 is 0 Å². The second-order valence-electron chi connectivity index (χ2n) is 3.34. The molecular weight excluding hydrogens is 341 g/mol. The van der Waals surface area contributed by atoms with Crippen LogP contribution in [0.25, 0.3) is 0 Å². The Morgan fingerprint density at radius 3 is 2.61 bits per heavy atom. The molecule has 0 saturated heterocycles. The van der Waals surface area contributed by atoms with Crippen molar-refractivity contribution < 1.29 is 9.47 Å². The van der Waals surface area contributed by atoms with Gasteiger partial charge in [0, 0.05) is 6.20 Å². The van der Waals surface area contributed by atoms with Gasteiger partial charge in [0.15, 0.2) is 0 Å². The summed E-state index contributed by atoms with van der Waals surface area (Å²) in [6, 6.07) is 6.90. The zero-order chi connectivity index (χ0) is 13.1. The minimum absolute atomic E-state index is 0.298. The molecule has 0 radical (unpaired) electrons. The van der Waals surface area contributed by atoms with Crippen LogP contribution in [0.4, 0.5) is 0 Å². The second-order valence-corrected chi connectivity index (χ2v) is 5.04. The Labute approximate surface area is 123 Å². The topological polar surface area (TPSA) is 31.4 Å². The zero-order valence-corrected chi connectivity index (χ0v) is 12.4. The molecule has 94 valence electrons. The number of nitrogens with zero attached hydrogens (tertiary/aromatic N) is 1. The van der Waals surface area contributed by atoms with Crippen LogP contribution >= 0.6 is 39.1 Å². The van der Waals surface area contributed by atoms with Gasteiger partial charge in [-0.3, -0.25) is 0 Å². The van der Waals surface area contributed by atoms with E-state index in [1.165, 1.54) is 6.20 Å². The van der Waals surface area contributed by atoms with Crippen molar-refractivity contribution in [2.75, 3.05) is 7.11 Å². The van der Waals surface area contributed by atoms with Gasteiger partial charge in [-0.25, -0.2) is 4.98 Å². The lowest BCUT2D eigenvalue weighted by Gasteiger charge is -2.09. The van der Waals surface area contributed by atoms with Gasteiger partial charge >= 0.3 is 0 Å².